The first-order valence-electron chi connectivity index (χ1n) is 5.50. The maximum atomic E-state index is 3.57. The van der Waals surface area contributed by atoms with E-state index in [1.165, 1.54) is 11.1 Å². The van der Waals surface area contributed by atoms with E-state index in [4.69, 9.17) is 0 Å². The normalized spacial score (nSPS) is 11.9. The molecule has 17 heavy (non-hydrogen) atoms. The molecule has 0 aliphatic heterocycles. The third kappa shape index (κ3) is 3.72. The molecule has 2 aromatic carbocycles. The first-order valence-corrected chi connectivity index (χ1v) is 6.30. The molecule has 1 heteroatoms. The Morgan fingerprint density at radius 3 is 2.06 bits per heavy atom. The number of halogens is 1. The minimum absolute atomic E-state index is 1.09. The Hall–Kier alpha value is -1.60. The molecule has 0 saturated carbocycles. The van der Waals surface area contributed by atoms with Gasteiger partial charge in [-0.3, -0.25) is 0 Å². The summed E-state index contributed by atoms with van der Waals surface area (Å²) >= 11 is 3.57. The highest BCUT2D eigenvalue weighted by molar-refractivity contribution is 9.15. The molecule has 0 heterocycles. The van der Waals surface area contributed by atoms with Crippen molar-refractivity contribution in [2.45, 2.75) is 0 Å². The average Bonchev–Trinajstić information content (AvgIpc) is 2.41. The van der Waals surface area contributed by atoms with E-state index in [0.29, 0.717) is 0 Å². The molecule has 0 nitrogen and oxygen atoms in total. The zero-order valence-electron chi connectivity index (χ0n) is 9.38. The van der Waals surface area contributed by atoms with Crippen molar-refractivity contribution in [1.29, 1.82) is 0 Å². The fourth-order valence-electron chi connectivity index (χ4n) is 1.50. The lowest BCUT2D eigenvalue weighted by molar-refractivity contribution is 1.65. The van der Waals surface area contributed by atoms with Gasteiger partial charge in [-0.15, -0.1) is 0 Å². The van der Waals surface area contributed by atoms with Crippen LogP contribution >= 0.6 is 15.9 Å². The van der Waals surface area contributed by atoms with Crippen molar-refractivity contribution < 1.29 is 0 Å². The molecule has 84 valence electrons. The van der Waals surface area contributed by atoms with Gasteiger partial charge in [-0.25, -0.2) is 0 Å². The molecule has 0 amide bonds. The van der Waals surface area contributed by atoms with Gasteiger partial charge in [-0.1, -0.05) is 88.7 Å². The van der Waals surface area contributed by atoms with Crippen molar-refractivity contribution in [2.75, 3.05) is 0 Å². The second kappa shape index (κ2) is 6.21. The molecule has 0 unspecified atom stereocenters. The first kappa shape index (κ1) is 11.9. The van der Waals surface area contributed by atoms with Crippen LogP contribution in [0.15, 0.2) is 72.8 Å². The summed E-state index contributed by atoms with van der Waals surface area (Å²) in [5.74, 6) is 0. The van der Waals surface area contributed by atoms with E-state index in [2.05, 4.69) is 52.3 Å². The van der Waals surface area contributed by atoms with Crippen molar-refractivity contribution in [3.63, 3.8) is 0 Å². The summed E-state index contributed by atoms with van der Waals surface area (Å²) in [7, 11) is 0. The van der Waals surface area contributed by atoms with Gasteiger partial charge in [-0.05, 0) is 17.2 Å². The summed E-state index contributed by atoms with van der Waals surface area (Å²) < 4.78 is 1.09. The van der Waals surface area contributed by atoms with Crippen LogP contribution in [-0.4, -0.2) is 0 Å². The lowest BCUT2D eigenvalue weighted by atomic mass is 10.2. The molecule has 0 aliphatic rings. The van der Waals surface area contributed by atoms with Crippen LogP contribution in [0.3, 0.4) is 0 Å². The van der Waals surface area contributed by atoms with Crippen LogP contribution in [0.4, 0.5) is 0 Å². The Kier molecular flexibility index (Phi) is 4.34. The predicted octanol–water partition coefficient (Wildman–Crippen LogP) is 5.14. The molecule has 0 saturated heterocycles. The maximum absolute atomic E-state index is 3.57. The fraction of sp³-hybridized carbons (Fsp3) is 0. The number of hydrogen-bond donors (Lipinski definition) is 0. The molecular formula is C16H13Br. The zero-order chi connectivity index (χ0) is 11.9. The molecule has 0 aliphatic carbocycles. The van der Waals surface area contributed by atoms with E-state index in [0.717, 1.165) is 4.48 Å². The topological polar surface area (TPSA) is 0 Å². The molecule has 2 rings (SSSR count). The number of allylic oxidation sites excluding steroid dienone is 2. The number of hydrogen-bond acceptors (Lipinski definition) is 0. The van der Waals surface area contributed by atoms with Crippen LogP contribution in [0.2, 0.25) is 0 Å². The van der Waals surface area contributed by atoms with E-state index in [1.807, 2.05) is 42.5 Å². The fourth-order valence-corrected chi connectivity index (χ4v) is 1.92. The van der Waals surface area contributed by atoms with Crippen LogP contribution in [0, 0.1) is 0 Å². The van der Waals surface area contributed by atoms with Crippen molar-refractivity contribution in [3.8, 4) is 0 Å². The summed E-state index contributed by atoms with van der Waals surface area (Å²) in [6.07, 6.45) is 6.19. The third-order valence-electron chi connectivity index (χ3n) is 2.38. The van der Waals surface area contributed by atoms with Gasteiger partial charge < -0.3 is 0 Å². The summed E-state index contributed by atoms with van der Waals surface area (Å²) in [4.78, 5) is 0. The van der Waals surface area contributed by atoms with Crippen LogP contribution in [0.1, 0.15) is 11.1 Å². The van der Waals surface area contributed by atoms with Gasteiger partial charge in [0.25, 0.3) is 0 Å². The Morgan fingerprint density at radius 2 is 1.41 bits per heavy atom. The maximum Gasteiger partial charge on any atom is 0.0247 e. The van der Waals surface area contributed by atoms with Gasteiger partial charge >= 0.3 is 0 Å². The largest absolute Gasteiger partial charge is 0.0622 e. The van der Waals surface area contributed by atoms with Gasteiger partial charge in [0, 0.05) is 4.48 Å². The molecule has 0 N–H and O–H groups in total. The predicted molar refractivity (Wildman–Crippen MR) is 78.8 cm³/mol. The van der Waals surface area contributed by atoms with Crippen molar-refractivity contribution in [3.05, 3.63) is 83.9 Å². The molecular weight excluding hydrogens is 272 g/mol. The average molecular weight is 285 g/mol. The molecule has 2 aromatic rings. The van der Waals surface area contributed by atoms with Crippen molar-refractivity contribution in [2.24, 2.45) is 0 Å². The summed E-state index contributed by atoms with van der Waals surface area (Å²) in [5.41, 5.74) is 2.39. The van der Waals surface area contributed by atoms with Crippen molar-refractivity contribution in [1.82, 2.24) is 0 Å². The van der Waals surface area contributed by atoms with Gasteiger partial charge in [0.2, 0.25) is 0 Å². The van der Waals surface area contributed by atoms with Gasteiger partial charge in [-0.2, -0.15) is 0 Å². The smallest absolute Gasteiger partial charge is 0.0247 e. The van der Waals surface area contributed by atoms with Crippen LogP contribution in [-0.2, 0) is 0 Å². The third-order valence-corrected chi connectivity index (χ3v) is 3.10. The SMILES string of the molecule is Br/C(=C\C=C/c1ccccc1)c1ccccc1. The number of rotatable bonds is 3. The highest BCUT2D eigenvalue weighted by atomic mass is 79.9. The van der Waals surface area contributed by atoms with E-state index in [9.17, 15) is 0 Å². The molecule has 0 bridgehead atoms. The van der Waals surface area contributed by atoms with Crippen LogP contribution < -0.4 is 0 Å². The highest BCUT2D eigenvalue weighted by Crippen LogP contribution is 2.20. The van der Waals surface area contributed by atoms with Crippen molar-refractivity contribution >= 4 is 26.5 Å². The molecule has 0 radical (unpaired) electrons. The minimum atomic E-state index is 1.09. The zero-order valence-corrected chi connectivity index (χ0v) is 11.0. The summed E-state index contributed by atoms with van der Waals surface area (Å²) in [6.45, 7) is 0. The van der Waals surface area contributed by atoms with E-state index >= 15 is 0 Å². The summed E-state index contributed by atoms with van der Waals surface area (Å²) in [6, 6.07) is 20.5. The lowest BCUT2D eigenvalue weighted by Crippen LogP contribution is -1.73. The Labute approximate surface area is 110 Å². The molecule has 0 atom stereocenters. The monoisotopic (exact) mass is 284 g/mol. The minimum Gasteiger partial charge on any atom is -0.0622 e. The van der Waals surface area contributed by atoms with Gasteiger partial charge in [0.05, 0.1) is 0 Å². The Morgan fingerprint density at radius 1 is 0.824 bits per heavy atom. The van der Waals surface area contributed by atoms with Crippen LogP contribution in [0.5, 0.6) is 0 Å². The highest BCUT2D eigenvalue weighted by Gasteiger charge is 1.92. The number of benzene rings is 2. The van der Waals surface area contributed by atoms with Gasteiger partial charge in [0.15, 0.2) is 0 Å². The summed E-state index contributed by atoms with van der Waals surface area (Å²) in [5, 5.41) is 0. The molecule has 0 spiro atoms. The Bertz CT molecular complexity index is 510. The standard InChI is InChI=1S/C16H13Br/c17-16(15-11-5-2-6-12-15)13-7-10-14-8-3-1-4-9-14/h1-13H/b10-7-,16-13-. The van der Waals surface area contributed by atoms with E-state index in [1.54, 1.807) is 0 Å². The second-order valence-corrected chi connectivity index (χ2v) is 4.50. The van der Waals surface area contributed by atoms with Crippen LogP contribution in [0.25, 0.3) is 10.6 Å². The van der Waals surface area contributed by atoms with Gasteiger partial charge in [0.1, 0.15) is 0 Å². The first-order chi connectivity index (χ1) is 8.36. The second-order valence-electron chi connectivity index (χ2n) is 3.65. The molecule has 0 aromatic heterocycles. The quantitative estimate of drug-likeness (QED) is 0.685. The molecule has 0 fully saturated rings. The lowest BCUT2D eigenvalue weighted by Gasteiger charge is -1.96. The Balaban J connectivity index is 2.09. The van der Waals surface area contributed by atoms with E-state index in [-0.39, 0.29) is 0 Å². The van der Waals surface area contributed by atoms with E-state index < -0.39 is 0 Å².